The highest BCUT2D eigenvalue weighted by Gasteiger charge is 2.61. The first-order valence-corrected chi connectivity index (χ1v) is 29.9. The highest BCUT2D eigenvalue weighted by molar-refractivity contribution is 7.72. The fourth-order valence-electron chi connectivity index (χ4n) is 4.86. The number of nitrogen functional groups attached to an aromatic ring is 2. The molecule has 4 aromatic rings. The number of benzene rings is 4. The van der Waals surface area contributed by atoms with E-state index >= 15 is 0 Å². The average molecular weight is 1120 g/mol. The minimum absolute atomic E-state index is 0.147. The van der Waals surface area contributed by atoms with E-state index in [0.717, 1.165) is 48.5 Å². The molecule has 0 saturated carbocycles. The first kappa shape index (κ1) is 61.9. The molecule has 25 N–H and O–H groups in total. The summed E-state index contributed by atoms with van der Waals surface area (Å²) < 4.78 is 89.1. The van der Waals surface area contributed by atoms with E-state index in [9.17, 15) is 41.6 Å². The molecule has 4 aromatic carbocycles. The van der Waals surface area contributed by atoms with Gasteiger partial charge in [-0.15, -0.1) is 0 Å². The van der Waals surface area contributed by atoms with E-state index < -0.39 is 86.9 Å². The minimum atomic E-state index is -5.49. The fraction of sp³-hybridized carbons (Fsp3) is 0.143. The van der Waals surface area contributed by atoms with Crippen LogP contribution in [0.2, 0.25) is 5.02 Å². The SMILES string of the molecule is NC(c1ccccc1)(P(=O)(O)O)P(=O)(O)O.Nc1ccc(C(N)(P(=O)(O)O)P(=O)(O)O)cc1.Nc1ccc(C(O)(P(=O)(O)O)P(=O)(O)O)cc1.O=P(O)(O)C(c1ccc(Cl)cc1)P(=O)(O)O. The lowest BCUT2D eigenvalue weighted by Gasteiger charge is -2.30. The van der Waals surface area contributed by atoms with E-state index in [1.165, 1.54) is 54.6 Å². The van der Waals surface area contributed by atoms with Crippen LogP contribution in [0.25, 0.3) is 0 Å². The van der Waals surface area contributed by atoms with Gasteiger partial charge in [-0.25, -0.2) is 0 Å². The van der Waals surface area contributed by atoms with Crippen LogP contribution in [0.4, 0.5) is 11.4 Å². The van der Waals surface area contributed by atoms with Crippen LogP contribution < -0.4 is 22.9 Å². The summed E-state index contributed by atoms with van der Waals surface area (Å²) in [6.45, 7) is 0. The Morgan fingerprint density at radius 2 is 0.667 bits per heavy atom. The summed E-state index contributed by atoms with van der Waals surface area (Å²) in [5.41, 5.74) is 20.2. The minimum Gasteiger partial charge on any atom is -0.399 e. The van der Waals surface area contributed by atoms with Gasteiger partial charge in [-0.1, -0.05) is 78.3 Å². The van der Waals surface area contributed by atoms with Crippen molar-refractivity contribution in [2.75, 3.05) is 11.5 Å². The van der Waals surface area contributed by atoms with Gasteiger partial charge in [0.2, 0.25) is 10.0 Å². The Morgan fingerprint density at radius 1 is 0.394 bits per heavy atom. The predicted molar refractivity (Wildman–Crippen MR) is 234 cm³/mol. The number of rotatable bonds is 12. The van der Waals surface area contributed by atoms with Crippen LogP contribution in [0, 0.1) is 0 Å². The molecular weight excluding hydrogens is 1080 g/mol. The maximum atomic E-state index is 11.2. The molecule has 0 aliphatic rings. The molecule has 0 spiro atoms. The smallest absolute Gasteiger partial charge is 0.374 e. The third-order valence-electron chi connectivity index (χ3n) is 8.23. The van der Waals surface area contributed by atoms with E-state index in [4.69, 9.17) is 113 Å². The summed E-state index contributed by atoms with van der Waals surface area (Å²) in [6, 6.07) is 20.3. The molecule has 0 bridgehead atoms. The second kappa shape index (κ2) is 21.9. The Morgan fingerprint density at radius 3 is 0.924 bits per heavy atom. The predicted octanol–water partition coefficient (Wildman–Crippen LogP) is 1.23. The van der Waals surface area contributed by atoms with Crippen LogP contribution >= 0.6 is 72.4 Å². The third kappa shape index (κ3) is 14.9. The van der Waals surface area contributed by atoms with E-state index in [0.29, 0.717) is 5.02 Å². The van der Waals surface area contributed by atoms with Crippen molar-refractivity contribution in [3.8, 4) is 0 Å². The molecule has 0 aliphatic heterocycles. The molecular formula is C28H43ClN4O25P8. The maximum Gasteiger partial charge on any atom is 0.374 e. The van der Waals surface area contributed by atoms with Gasteiger partial charge in [0.1, 0.15) is 0 Å². The zero-order valence-corrected chi connectivity index (χ0v) is 40.4. The standard InChI is InChI=1S/C7H9ClO6P2.C7H12N2O6P2.C7H11NO7P2.C7H11NO6P2/c8-6-3-1-5(2-4-6)7(15(9,10)11)16(12,13)14;2*8-6-3-1-5(2-4-6)7(9,16(10,11)12)17(13,14)15;8-7(15(9,10)11,16(12,13)14)6-4-2-1-3-5-6/h1-4,7H,(H2,9,10,11)(H2,12,13,14);1-4H,8-9H2,(H2,10,11,12)(H2,13,14,15);1-4,9H,8H2,(H2,10,11,12)(H2,13,14,15);1-5H,8H2,(H2,9,10,11)(H2,12,13,14). The van der Waals surface area contributed by atoms with E-state index in [1.54, 1.807) is 0 Å². The van der Waals surface area contributed by atoms with Gasteiger partial charge in [0.05, 0.1) is 0 Å². The Hall–Kier alpha value is -2.15. The molecule has 66 heavy (non-hydrogen) atoms. The van der Waals surface area contributed by atoms with Crippen molar-refractivity contribution in [3.63, 3.8) is 0 Å². The molecule has 0 aliphatic carbocycles. The first-order valence-electron chi connectivity index (χ1n) is 16.5. The molecule has 0 amide bonds. The lowest BCUT2D eigenvalue weighted by atomic mass is 10.2. The maximum absolute atomic E-state index is 11.2. The lowest BCUT2D eigenvalue weighted by Crippen LogP contribution is -2.36. The highest BCUT2D eigenvalue weighted by atomic mass is 35.5. The Balaban J connectivity index is 0.000000440. The van der Waals surface area contributed by atoms with Crippen LogP contribution in [-0.4, -0.2) is 83.4 Å². The Kier molecular flexibility index (Phi) is 20.5. The van der Waals surface area contributed by atoms with Gasteiger partial charge in [0, 0.05) is 22.0 Å². The number of anilines is 2. The summed E-state index contributed by atoms with van der Waals surface area (Å²) in [5.74, 6) is 0. The first-order chi connectivity index (χ1) is 29.2. The molecule has 0 heterocycles. The quantitative estimate of drug-likeness (QED) is 0.0700. The molecule has 4 rings (SSSR count). The van der Waals surface area contributed by atoms with Crippen LogP contribution in [0.15, 0.2) is 103 Å². The Bertz CT molecular complexity index is 2490. The molecule has 0 unspecified atom stereocenters. The van der Waals surface area contributed by atoms with E-state index in [1.807, 2.05) is 0 Å². The molecule has 0 atom stereocenters. The third-order valence-corrected chi connectivity index (χ3v) is 23.6. The second-order valence-corrected chi connectivity index (χ2v) is 29.0. The summed E-state index contributed by atoms with van der Waals surface area (Å²) in [4.78, 5) is 144. The van der Waals surface area contributed by atoms with Gasteiger partial charge in [0.25, 0.3) is 5.08 Å². The number of aliphatic hydroxyl groups is 1. The van der Waals surface area contributed by atoms with Gasteiger partial charge in [-0.2, -0.15) is 0 Å². The van der Waals surface area contributed by atoms with Crippen LogP contribution in [0.3, 0.4) is 0 Å². The van der Waals surface area contributed by atoms with Crippen molar-refractivity contribution >= 4 is 83.7 Å². The molecule has 29 nitrogen and oxygen atoms in total. The van der Waals surface area contributed by atoms with Gasteiger partial charge in [-0.3, -0.25) is 36.5 Å². The largest absolute Gasteiger partial charge is 0.399 e. The number of hydrogen-bond acceptors (Lipinski definition) is 13. The monoisotopic (exact) mass is 1120 g/mol. The van der Waals surface area contributed by atoms with Crippen LogP contribution in [0.5, 0.6) is 0 Å². The summed E-state index contributed by atoms with van der Waals surface area (Å²) in [6.07, 6.45) is 0. The van der Waals surface area contributed by atoms with Crippen molar-refractivity contribution in [1.82, 2.24) is 0 Å². The molecule has 0 aromatic heterocycles. The van der Waals surface area contributed by atoms with Gasteiger partial charge in [0.15, 0.2) is 5.40 Å². The topological polar surface area (TPSA) is 585 Å². The summed E-state index contributed by atoms with van der Waals surface area (Å²) in [5, 5.41) is -1.78. The fourth-order valence-corrected chi connectivity index (χ4v) is 14.7. The van der Waals surface area contributed by atoms with Crippen molar-refractivity contribution in [3.05, 3.63) is 130 Å². The van der Waals surface area contributed by atoms with Gasteiger partial charge >= 0.3 is 60.8 Å². The summed E-state index contributed by atoms with van der Waals surface area (Å²) in [7, 11) is -41.8. The molecule has 0 radical (unpaired) electrons. The van der Waals surface area contributed by atoms with E-state index in [-0.39, 0.29) is 28.1 Å². The number of nitrogens with two attached hydrogens (primary N) is 4. The normalized spacial score (nSPS) is 13.6. The molecule has 0 fully saturated rings. The number of hydrogen-bond donors (Lipinski definition) is 21. The van der Waals surface area contributed by atoms with Crippen molar-refractivity contribution in [2.24, 2.45) is 11.5 Å². The number of halogens is 1. The zero-order valence-electron chi connectivity index (χ0n) is 32.5. The molecule has 38 heteroatoms. The van der Waals surface area contributed by atoms with E-state index in [2.05, 4.69) is 0 Å². The zero-order chi connectivity index (χ0) is 52.1. The lowest BCUT2D eigenvalue weighted by molar-refractivity contribution is 0.131. The summed E-state index contributed by atoms with van der Waals surface area (Å²) >= 11 is 5.56. The molecule has 0 saturated heterocycles. The van der Waals surface area contributed by atoms with Crippen molar-refractivity contribution < 1.29 is 120 Å². The second-order valence-electron chi connectivity index (χ2n) is 13.1. The van der Waals surface area contributed by atoms with Crippen molar-refractivity contribution in [1.29, 1.82) is 0 Å². The molecule has 372 valence electrons. The average Bonchev–Trinajstić information content (AvgIpc) is 3.12. The Labute approximate surface area is 376 Å². The van der Waals surface area contributed by atoms with Crippen LogP contribution in [0.1, 0.15) is 27.7 Å². The van der Waals surface area contributed by atoms with Crippen molar-refractivity contribution in [2.45, 2.75) is 20.5 Å². The van der Waals surface area contributed by atoms with Gasteiger partial charge < -0.3 is 106 Å². The highest BCUT2D eigenvalue weighted by Crippen LogP contribution is 2.74. The van der Waals surface area contributed by atoms with Gasteiger partial charge in [-0.05, 0) is 53.1 Å². The van der Waals surface area contributed by atoms with Crippen LogP contribution in [-0.2, 0) is 51.6 Å².